The van der Waals surface area contributed by atoms with E-state index in [9.17, 15) is 10.2 Å². The van der Waals surface area contributed by atoms with Crippen LogP contribution in [0.5, 0.6) is 0 Å². The zero-order valence-corrected chi connectivity index (χ0v) is 12.4. The Morgan fingerprint density at radius 1 is 1.09 bits per heavy atom. The molecule has 0 bridgehead atoms. The van der Waals surface area contributed by atoms with Crippen LogP contribution in [-0.2, 0) is 6.54 Å². The molecule has 2 N–H and O–H groups in total. The molecule has 2 heterocycles. The molecule has 6 heteroatoms. The molecule has 3 rings (SSSR count). The lowest BCUT2D eigenvalue weighted by Crippen LogP contribution is -1.97. The van der Waals surface area contributed by atoms with Gasteiger partial charge in [-0.3, -0.25) is 4.98 Å². The highest BCUT2D eigenvalue weighted by Crippen LogP contribution is 2.20. The van der Waals surface area contributed by atoms with Crippen LogP contribution >= 0.6 is 11.6 Å². The second-order valence-electron chi connectivity index (χ2n) is 4.87. The minimum atomic E-state index is -1.52. The first-order valence-electron chi connectivity index (χ1n) is 6.71. The highest BCUT2D eigenvalue weighted by molar-refractivity contribution is 6.31. The summed E-state index contributed by atoms with van der Waals surface area (Å²) < 4.78 is 1.90. The monoisotopic (exact) mass is 315 g/mol. The van der Waals surface area contributed by atoms with Crippen LogP contribution < -0.4 is 0 Å². The molecule has 0 spiro atoms. The van der Waals surface area contributed by atoms with Crippen molar-refractivity contribution >= 4 is 11.6 Å². The van der Waals surface area contributed by atoms with E-state index in [2.05, 4.69) is 9.97 Å². The minimum Gasteiger partial charge on any atom is -0.364 e. The SMILES string of the molecule is OC(O)c1ccnc(-c2cn(Cc3ccccc3Cl)cn2)c1. The molecular weight excluding hydrogens is 302 g/mol. The van der Waals surface area contributed by atoms with Crippen LogP contribution in [0.3, 0.4) is 0 Å². The van der Waals surface area contributed by atoms with Gasteiger partial charge in [-0.05, 0) is 23.8 Å². The van der Waals surface area contributed by atoms with Gasteiger partial charge in [-0.2, -0.15) is 0 Å². The number of nitrogens with zero attached hydrogens (tertiary/aromatic N) is 3. The second-order valence-corrected chi connectivity index (χ2v) is 5.28. The molecule has 0 unspecified atom stereocenters. The van der Waals surface area contributed by atoms with Crippen LogP contribution in [0.4, 0.5) is 0 Å². The van der Waals surface area contributed by atoms with Gasteiger partial charge in [0, 0.05) is 29.5 Å². The van der Waals surface area contributed by atoms with E-state index in [1.165, 1.54) is 6.20 Å². The van der Waals surface area contributed by atoms with Crippen molar-refractivity contribution < 1.29 is 10.2 Å². The zero-order chi connectivity index (χ0) is 15.5. The predicted octanol–water partition coefficient (Wildman–Crippen LogP) is 2.63. The second kappa shape index (κ2) is 6.27. The topological polar surface area (TPSA) is 71.2 Å². The third kappa shape index (κ3) is 3.17. The van der Waals surface area contributed by atoms with E-state index < -0.39 is 6.29 Å². The maximum absolute atomic E-state index is 9.21. The van der Waals surface area contributed by atoms with Gasteiger partial charge in [0.2, 0.25) is 0 Å². The Morgan fingerprint density at radius 2 is 1.91 bits per heavy atom. The van der Waals surface area contributed by atoms with Crippen molar-refractivity contribution in [1.29, 1.82) is 0 Å². The normalized spacial score (nSPS) is 11.1. The Bertz CT molecular complexity index is 786. The molecule has 2 aromatic heterocycles. The Morgan fingerprint density at radius 3 is 2.68 bits per heavy atom. The van der Waals surface area contributed by atoms with Gasteiger partial charge < -0.3 is 14.8 Å². The lowest BCUT2D eigenvalue weighted by atomic mass is 10.2. The van der Waals surface area contributed by atoms with Crippen molar-refractivity contribution in [1.82, 2.24) is 14.5 Å². The largest absolute Gasteiger partial charge is 0.364 e. The quantitative estimate of drug-likeness (QED) is 0.726. The average molecular weight is 316 g/mol. The smallest absolute Gasteiger partial charge is 0.178 e. The van der Waals surface area contributed by atoms with E-state index in [1.807, 2.05) is 35.0 Å². The molecular formula is C16H14ClN3O2. The fourth-order valence-corrected chi connectivity index (χ4v) is 2.35. The van der Waals surface area contributed by atoms with E-state index in [0.717, 1.165) is 5.56 Å². The molecule has 0 radical (unpaired) electrons. The third-order valence-corrected chi connectivity index (χ3v) is 3.66. The van der Waals surface area contributed by atoms with Gasteiger partial charge in [-0.15, -0.1) is 0 Å². The number of hydrogen-bond acceptors (Lipinski definition) is 4. The molecule has 0 amide bonds. The van der Waals surface area contributed by atoms with E-state index in [0.29, 0.717) is 28.5 Å². The van der Waals surface area contributed by atoms with Gasteiger partial charge >= 0.3 is 0 Å². The van der Waals surface area contributed by atoms with E-state index in [1.54, 1.807) is 18.5 Å². The minimum absolute atomic E-state index is 0.380. The van der Waals surface area contributed by atoms with Gasteiger partial charge in [-0.1, -0.05) is 29.8 Å². The standard InChI is InChI=1S/C16H14ClN3O2/c17-13-4-2-1-3-12(13)8-20-9-15(19-10-20)14-7-11(16(21)22)5-6-18-14/h1-7,9-10,16,21-22H,8H2. The molecule has 0 aliphatic rings. The van der Waals surface area contributed by atoms with Gasteiger partial charge in [-0.25, -0.2) is 4.98 Å². The highest BCUT2D eigenvalue weighted by Gasteiger charge is 2.09. The molecule has 3 aromatic rings. The summed E-state index contributed by atoms with van der Waals surface area (Å²) in [7, 11) is 0. The van der Waals surface area contributed by atoms with Crippen molar-refractivity contribution in [2.75, 3.05) is 0 Å². The first-order valence-corrected chi connectivity index (χ1v) is 7.09. The van der Waals surface area contributed by atoms with Crippen LogP contribution in [0.1, 0.15) is 17.4 Å². The van der Waals surface area contributed by atoms with Crippen molar-refractivity contribution in [3.8, 4) is 11.4 Å². The first kappa shape index (κ1) is 14.7. The van der Waals surface area contributed by atoms with Gasteiger partial charge in [0.05, 0.1) is 12.0 Å². The summed E-state index contributed by atoms with van der Waals surface area (Å²) in [5, 5.41) is 19.1. The van der Waals surface area contributed by atoms with Crippen LogP contribution in [0.15, 0.2) is 55.1 Å². The third-order valence-electron chi connectivity index (χ3n) is 3.29. The number of benzene rings is 1. The maximum atomic E-state index is 9.21. The average Bonchev–Trinajstić information content (AvgIpc) is 2.98. The van der Waals surface area contributed by atoms with Crippen LogP contribution in [0.25, 0.3) is 11.4 Å². The summed E-state index contributed by atoms with van der Waals surface area (Å²) in [5.41, 5.74) is 2.63. The van der Waals surface area contributed by atoms with Crippen LogP contribution in [0.2, 0.25) is 5.02 Å². The highest BCUT2D eigenvalue weighted by atomic mass is 35.5. The Labute approximate surface area is 132 Å². The molecule has 22 heavy (non-hydrogen) atoms. The summed E-state index contributed by atoms with van der Waals surface area (Å²) in [6.07, 6.45) is 3.55. The van der Waals surface area contributed by atoms with Crippen LogP contribution in [-0.4, -0.2) is 24.7 Å². The Balaban J connectivity index is 1.85. The molecule has 5 nitrogen and oxygen atoms in total. The number of aliphatic hydroxyl groups is 2. The Hall–Kier alpha value is -2.21. The number of aromatic nitrogens is 3. The van der Waals surface area contributed by atoms with Gasteiger partial charge in [0.1, 0.15) is 5.69 Å². The number of halogens is 1. The fourth-order valence-electron chi connectivity index (χ4n) is 2.15. The number of imidazole rings is 1. The summed E-state index contributed by atoms with van der Waals surface area (Å²) in [6, 6.07) is 10.8. The molecule has 0 aliphatic carbocycles. The number of rotatable bonds is 4. The molecule has 0 saturated carbocycles. The summed E-state index contributed by atoms with van der Waals surface area (Å²) >= 11 is 6.15. The summed E-state index contributed by atoms with van der Waals surface area (Å²) in [5.74, 6) is 0. The molecule has 0 atom stereocenters. The van der Waals surface area contributed by atoms with Gasteiger partial charge in [0.15, 0.2) is 6.29 Å². The van der Waals surface area contributed by atoms with Crippen LogP contribution in [0, 0.1) is 0 Å². The first-order chi connectivity index (χ1) is 10.6. The number of hydrogen-bond donors (Lipinski definition) is 2. The maximum Gasteiger partial charge on any atom is 0.178 e. The van der Waals surface area contributed by atoms with Crippen molar-refractivity contribution in [3.05, 3.63) is 71.3 Å². The lowest BCUT2D eigenvalue weighted by Gasteiger charge is -2.05. The molecule has 0 saturated heterocycles. The van der Waals surface area contributed by atoms with Gasteiger partial charge in [0.25, 0.3) is 0 Å². The molecule has 112 valence electrons. The summed E-state index contributed by atoms with van der Waals surface area (Å²) in [6.45, 7) is 0.606. The number of aliphatic hydroxyl groups excluding tert-OH is 1. The van der Waals surface area contributed by atoms with Crippen molar-refractivity contribution in [2.24, 2.45) is 0 Å². The van der Waals surface area contributed by atoms with Crippen molar-refractivity contribution in [2.45, 2.75) is 12.8 Å². The predicted molar refractivity (Wildman–Crippen MR) is 83.2 cm³/mol. The summed E-state index contributed by atoms with van der Waals surface area (Å²) in [4.78, 5) is 8.51. The molecule has 0 aliphatic heterocycles. The van der Waals surface area contributed by atoms with E-state index >= 15 is 0 Å². The fraction of sp³-hybridized carbons (Fsp3) is 0.125. The lowest BCUT2D eigenvalue weighted by molar-refractivity contribution is -0.0425. The Kier molecular flexibility index (Phi) is 4.20. The van der Waals surface area contributed by atoms with E-state index in [-0.39, 0.29) is 0 Å². The number of pyridine rings is 1. The molecule has 1 aromatic carbocycles. The van der Waals surface area contributed by atoms with E-state index in [4.69, 9.17) is 11.6 Å². The zero-order valence-electron chi connectivity index (χ0n) is 11.6. The molecule has 0 fully saturated rings. The van der Waals surface area contributed by atoms with Crippen molar-refractivity contribution in [3.63, 3.8) is 0 Å².